The van der Waals surface area contributed by atoms with Gasteiger partial charge in [-0.05, 0) is 47.5 Å². The molecule has 0 fully saturated rings. The van der Waals surface area contributed by atoms with E-state index in [4.69, 9.17) is 16.3 Å². The fraction of sp³-hybridized carbons (Fsp3) is 0.136. The van der Waals surface area contributed by atoms with E-state index in [1.807, 2.05) is 0 Å². The predicted octanol–water partition coefficient (Wildman–Crippen LogP) is 5.35. The summed E-state index contributed by atoms with van der Waals surface area (Å²) in [6, 6.07) is 16.2. The van der Waals surface area contributed by atoms with Gasteiger partial charge in [0.15, 0.2) is 0 Å². The summed E-state index contributed by atoms with van der Waals surface area (Å²) in [7, 11) is 0. The van der Waals surface area contributed by atoms with Crippen LogP contribution in [0.2, 0.25) is 5.02 Å². The Balaban J connectivity index is 1.45. The van der Waals surface area contributed by atoms with Gasteiger partial charge in [0, 0.05) is 23.5 Å². The Morgan fingerprint density at radius 1 is 0.968 bits per heavy atom. The van der Waals surface area contributed by atoms with Crippen molar-refractivity contribution in [1.29, 1.82) is 0 Å². The van der Waals surface area contributed by atoms with Crippen molar-refractivity contribution >= 4 is 29.3 Å². The fourth-order valence-electron chi connectivity index (χ4n) is 2.54. The third kappa shape index (κ3) is 6.75. The summed E-state index contributed by atoms with van der Waals surface area (Å²) in [6.07, 6.45) is -2.17. The van der Waals surface area contributed by atoms with E-state index in [-0.39, 0.29) is 24.4 Å². The molecule has 2 amide bonds. The molecule has 0 atom stereocenters. The Labute approximate surface area is 182 Å². The number of carbonyl (C=O) groups excluding carboxylic acids is 2. The number of hydrogen-bond acceptors (Lipinski definition) is 4. The summed E-state index contributed by atoms with van der Waals surface area (Å²) < 4.78 is 30.2. The monoisotopic (exact) mass is 445 g/mol. The number of halogens is 3. The van der Waals surface area contributed by atoms with Crippen molar-refractivity contribution in [1.82, 2.24) is 10.3 Å². The van der Waals surface area contributed by atoms with E-state index in [0.29, 0.717) is 10.7 Å². The first-order valence-corrected chi connectivity index (χ1v) is 9.58. The number of carbonyl (C=O) groups is 2. The molecule has 0 aliphatic carbocycles. The van der Waals surface area contributed by atoms with Crippen LogP contribution in [0.5, 0.6) is 0 Å². The summed E-state index contributed by atoms with van der Waals surface area (Å²) in [5.41, 5.74) is 1.93. The second-order valence-electron chi connectivity index (χ2n) is 6.48. The van der Waals surface area contributed by atoms with Crippen molar-refractivity contribution in [3.8, 4) is 0 Å². The van der Waals surface area contributed by atoms with Gasteiger partial charge in [-0.1, -0.05) is 35.9 Å². The molecule has 0 radical (unpaired) electrons. The molecular formula is C22H18ClF2N3O3. The molecule has 0 bridgehead atoms. The Morgan fingerprint density at radius 3 is 2.26 bits per heavy atom. The van der Waals surface area contributed by atoms with Crippen LogP contribution in [0.25, 0.3) is 0 Å². The van der Waals surface area contributed by atoms with Crippen LogP contribution in [0.4, 0.5) is 19.3 Å². The SMILES string of the molecule is O=C(Nc1ccc(CNC(=O)c2ccc(C(F)F)nc2)cc1)OCc1ccc(Cl)cc1. The first-order chi connectivity index (χ1) is 14.9. The van der Waals surface area contributed by atoms with E-state index in [1.54, 1.807) is 48.5 Å². The number of rotatable bonds is 7. The van der Waals surface area contributed by atoms with Gasteiger partial charge in [0.1, 0.15) is 12.3 Å². The van der Waals surface area contributed by atoms with Crippen molar-refractivity contribution in [2.75, 3.05) is 5.32 Å². The molecule has 160 valence electrons. The summed E-state index contributed by atoms with van der Waals surface area (Å²) in [4.78, 5) is 27.6. The van der Waals surface area contributed by atoms with Crippen LogP contribution < -0.4 is 10.6 Å². The Kier molecular flexibility index (Phi) is 7.50. The Morgan fingerprint density at radius 2 is 1.65 bits per heavy atom. The molecule has 2 aromatic carbocycles. The molecular weight excluding hydrogens is 428 g/mol. The van der Waals surface area contributed by atoms with E-state index in [2.05, 4.69) is 15.6 Å². The minimum Gasteiger partial charge on any atom is -0.444 e. The summed E-state index contributed by atoms with van der Waals surface area (Å²) in [5.74, 6) is -0.429. The van der Waals surface area contributed by atoms with Crippen LogP contribution in [0.1, 0.15) is 33.6 Å². The molecule has 2 N–H and O–H groups in total. The van der Waals surface area contributed by atoms with Crippen molar-refractivity contribution < 1.29 is 23.1 Å². The molecule has 0 spiro atoms. The van der Waals surface area contributed by atoms with Gasteiger partial charge >= 0.3 is 6.09 Å². The summed E-state index contributed by atoms with van der Waals surface area (Å²) >= 11 is 5.81. The maximum Gasteiger partial charge on any atom is 0.411 e. The van der Waals surface area contributed by atoms with Crippen LogP contribution in [-0.4, -0.2) is 17.0 Å². The van der Waals surface area contributed by atoms with Crippen LogP contribution in [0, 0.1) is 0 Å². The van der Waals surface area contributed by atoms with Gasteiger partial charge in [-0.3, -0.25) is 15.1 Å². The maximum atomic E-state index is 12.5. The third-order valence-electron chi connectivity index (χ3n) is 4.21. The highest BCUT2D eigenvalue weighted by Gasteiger charge is 2.11. The van der Waals surface area contributed by atoms with E-state index >= 15 is 0 Å². The van der Waals surface area contributed by atoms with Crippen LogP contribution in [0.15, 0.2) is 66.9 Å². The van der Waals surface area contributed by atoms with Gasteiger partial charge in [-0.2, -0.15) is 0 Å². The van der Waals surface area contributed by atoms with Crippen molar-refractivity contribution in [3.63, 3.8) is 0 Å². The number of benzene rings is 2. The second-order valence-corrected chi connectivity index (χ2v) is 6.92. The van der Waals surface area contributed by atoms with E-state index in [0.717, 1.165) is 23.4 Å². The fourth-order valence-corrected chi connectivity index (χ4v) is 2.67. The van der Waals surface area contributed by atoms with Gasteiger partial charge in [0.05, 0.1) is 5.56 Å². The number of hydrogen-bond donors (Lipinski definition) is 2. The van der Waals surface area contributed by atoms with Gasteiger partial charge < -0.3 is 10.1 Å². The number of aromatic nitrogens is 1. The zero-order chi connectivity index (χ0) is 22.2. The smallest absolute Gasteiger partial charge is 0.411 e. The molecule has 9 heteroatoms. The average Bonchev–Trinajstić information content (AvgIpc) is 2.78. The minimum absolute atomic E-state index is 0.111. The predicted molar refractivity (Wildman–Crippen MR) is 112 cm³/mol. The lowest BCUT2D eigenvalue weighted by molar-refractivity contribution is 0.0949. The first kappa shape index (κ1) is 22.2. The summed E-state index contributed by atoms with van der Waals surface area (Å²) in [6.45, 7) is 0.330. The highest BCUT2D eigenvalue weighted by Crippen LogP contribution is 2.16. The topological polar surface area (TPSA) is 80.3 Å². The first-order valence-electron chi connectivity index (χ1n) is 9.20. The Bertz CT molecular complexity index is 1030. The molecule has 0 saturated heterocycles. The largest absolute Gasteiger partial charge is 0.444 e. The lowest BCUT2D eigenvalue weighted by Gasteiger charge is -2.09. The highest BCUT2D eigenvalue weighted by atomic mass is 35.5. The zero-order valence-electron chi connectivity index (χ0n) is 16.1. The van der Waals surface area contributed by atoms with Crippen LogP contribution in [0.3, 0.4) is 0 Å². The number of pyridine rings is 1. The number of anilines is 1. The molecule has 3 aromatic rings. The van der Waals surface area contributed by atoms with Crippen LogP contribution in [-0.2, 0) is 17.9 Å². The zero-order valence-corrected chi connectivity index (χ0v) is 16.9. The normalized spacial score (nSPS) is 10.6. The number of amides is 2. The van der Waals surface area contributed by atoms with Crippen molar-refractivity contribution in [3.05, 3.63) is 94.3 Å². The van der Waals surface area contributed by atoms with Crippen molar-refractivity contribution in [2.45, 2.75) is 19.6 Å². The highest BCUT2D eigenvalue weighted by molar-refractivity contribution is 6.30. The lowest BCUT2D eigenvalue weighted by Crippen LogP contribution is -2.23. The summed E-state index contributed by atoms with van der Waals surface area (Å²) in [5, 5.41) is 5.89. The van der Waals surface area contributed by atoms with Gasteiger partial charge in [0.25, 0.3) is 12.3 Å². The molecule has 0 aliphatic heterocycles. The number of alkyl halides is 2. The molecule has 1 aromatic heterocycles. The molecule has 0 saturated carbocycles. The third-order valence-corrected chi connectivity index (χ3v) is 4.46. The van der Waals surface area contributed by atoms with Gasteiger partial charge in [0.2, 0.25) is 0 Å². The van der Waals surface area contributed by atoms with E-state index < -0.39 is 18.4 Å². The van der Waals surface area contributed by atoms with Gasteiger partial charge in [-0.25, -0.2) is 13.6 Å². The number of nitrogens with zero attached hydrogens (tertiary/aromatic N) is 1. The molecule has 6 nitrogen and oxygen atoms in total. The Hall–Kier alpha value is -3.52. The number of ether oxygens (including phenoxy) is 1. The minimum atomic E-state index is -2.68. The van der Waals surface area contributed by atoms with Gasteiger partial charge in [-0.15, -0.1) is 0 Å². The standard InChI is InChI=1S/C22H18ClF2N3O3/c23-17-6-1-15(2-7-17)13-31-22(30)28-18-8-3-14(4-9-18)11-27-21(29)16-5-10-19(20(24)25)26-12-16/h1-10,12,20H,11,13H2,(H,27,29)(H,28,30). The molecule has 0 unspecified atom stereocenters. The number of nitrogens with one attached hydrogen (secondary N) is 2. The quantitative estimate of drug-likeness (QED) is 0.513. The molecule has 0 aliphatic rings. The molecule has 1 heterocycles. The van der Waals surface area contributed by atoms with Crippen molar-refractivity contribution in [2.24, 2.45) is 0 Å². The molecule has 31 heavy (non-hydrogen) atoms. The lowest BCUT2D eigenvalue weighted by atomic mass is 10.2. The van der Waals surface area contributed by atoms with E-state index in [1.165, 1.54) is 6.07 Å². The van der Waals surface area contributed by atoms with E-state index in [9.17, 15) is 18.4 Å². The second kappa shape index (κ2) is 10.5. The maximum absolute atomic E-state index is 12.5. The van der Waals surface area contributed by atoms with Crippen LogP contribution >= 0.6 is 11.6 Å². The molecule has 3 rings (SSSR count). The average molecular weight is 446 g/mol.